The molecule has 2 aromatic heterocycles. The predicted molar refractivity (Wildman–Crippen MR) is 108 cm³/mol. The molecular weight excluding hydrogens is 340 g/mol. The molecule has 1 N–H and O–H groups in total. The fourth-order valence-corrected chi connectivity index (χ4v) is 3.95. The van der Waals surface area contributed by atoms with Gasteiger partial charge in [-0.25, -0.2) is 0 Å². The number of furan rings is 1. The third kappa shape index (κ3) is 4.53. The largest absolute Gasteiger partial charge is 0.468 e. The fourth-order valence-electron chi connectivity index (χ4n) is 3.95. The highest BCUT2D eigenvalue weighted by Crippen LogP contribution is 2.27. The Bertz CT molecular complexity index is 719. The monoisotopic (exact) mass is 372 g/mol. The minimum atomic E-state index is 0.198. The summed E-state index contributed by atoms with van der Waals surface area (Å²) in [5.74, 6) is 2.47. The van der Waals surface area contributed by atoms with Gasteiger partial charge in [0.15, 0.2) is 5.96 Å². The van der Waals surface area contributed by atoms with Crippen LogP contribution in [-0.4, -0.2) is 65.3 Å². The van der Waals surface area contributed by atoms with Crippen molar-refractivity contribution in [3.8, 4) is 0 Å². The van der Waals surface area contributed by atoms with Crippen molar-refractivity contribution in [3.05, 3.63) is 42.1 Å². The van der Waals surface area contributed by atoms with Crippen molar-refractivity contribution in [2.45, 2.75) is 32.2 Å². The maximum Gasteiger partial charge on any atom is 0.193 e. The Morgan fingerprint density at radius 2 is 2.26 bits per heavy atom. The van der Waals surface area contributed by atoms with E-state index in [4.69, 9.17) is 4.42 Å². The molecule has 2 aromatic rings. The molecule has 7 heteroatoms. The number of nitrogens with one attached hydrogen (secondary N) is 1. The first-order valence-electron chi connectivity index (χ1n) is 9.87. The van der Waals surface area contributed by atoms with Crippen LogP contribution in [-0.2, 0) is 7.05 Å². The SMILES string of the molecule is CCN(CC)C(CNC(=NC)N1CCC(c2cnn(C)c2)C1)c1ccco1. The van der Waals surface area contributed by atoms with Gasteiger partial charge in [-0.15, -0.1) is 0 Å². The van der Waals surface area contributed by atoms with Gasteiger partial charge in [0, 0.05) is 45.8 Å². The summed E-state index contributed by atoms with van der Waals surface area (Å²) in [5, 5.41) is 7.89. The Morgan fingerprint density at radius 3 is 2.85 bits per heavy atom. The summed E-state index contributed by atoms with van der Waals surface area (Å²) in [6.45, 7) is 9.10. The quantitative estimate of drug-likeness (QED) is 0.598. The number of aryl methyl sites for hydroxylation is 1. The predicted octanol–water partition coefficient (Wildman–Crippen LogP) is 2.46. The van der Waals surface area contributed by atoms with Gasteiger partial charge in [-0.3, -0.25) is 14.6 Å². The van der Waals surface area contributed by atoms with Gasteiger partial charge in [0.1, 0.15) is 5.76 Å². The van der Waals surface area contributed by atoms with Gasteiger partial charge in [0.25, 0.3) is 0 Å². The maximum atomic E-state index is 5.70. The van der Waals surface area contributed by atoms with Crippen LogP contribution in [0.3, 0.4) is 0 Å². The molecule has 0 aliphatic carbocycles. The number of rotatable bonds is 7. The van der Waals surface area contributed by atoms with Crippen LogP contribution in [0, 0.1) is 0 Å². The number of nitrogens with zero attached hydrogens (tertiary/aromatic N) is 5. The van der Waals surface area contributed by atoms with Crippen LogP contribution in [0.5, 0.6) is 0 Å². The molecule has 0 saturated carbocycles. The number of likely N-dealkylation sites (tertiary alicyclic amines) is 1. The van der Waals surface area contributed by atoms with E-state index in [1.807, 2.05) is 31.0 Å². The Morgan fingerprint density at radius 1 is 1.44 bits per heavy atom. The van der Waals surface area contributed by atoms with Crippen LogP contribution in [0.2, 0.25) is 0 Å². The average molecular weight is 373 g/mol. The topological polar surface area (TPSA) is 61.8 Å². The lowest BCUT2D eigenvalue weighted by Gasteiger charge is -2.30. The summed E-state index contributed by atoms with van der Waals surface area (Å²) in [5.41, 5.74) is 1.31. The average Bonchev–Trinajstić information content (AvgIpc) is 3.43. The highest BCUT2D eigenvalue weighted by atomic mass is 16.3. The molecule has 2 atom stereocenters. The Kier molecular flexibility index (Phi) is 6.55. The first-order chi connectivity index (χ1) is 13.2. The molecule has 7 nitrogen and oxygen atoms in total. The van der Waals surface area contributed by atoms with Crippen LogP contribution in [0.4, 0.5) is 0 Å². The molecule has 3 rings (SSSR count). The summed E-state index contributed by atoms with van der Waals surface area (Å²) in [6, 6.07) is 4.21. The van der Waals surface area contributed by atoms with Crippen molar-refractivity contribution in [2.24, 2.45) is 12.0 Å². The van der Waals surface area contributed by atoms with Crippen molar-refractivity contribution < 1.29 is 4.42 Å². The second-order valence-electron chi connectivity index (χ2n) is 7.06. The van der Waals surface area contributed by atoms with Crippen LogP contribution >= 0.6 is 0 Å². The zero-order valence-corrected chi connectivity index (χ0v) is 16.9. The molecule has 0 radical (unpaired) electrons. The van der Waals surface area contributed by atoms with Gasteiger partial charge in [-0.1, -0.05) is 13.8 Å². The highest BCUT2D eigenvalue weighted by molar-refractivity contribution is 5.80. The first kappa shape index (κ1) is 19.5. The Balaban J connectivity index is 1.62. The van der Waals surface area contributed by atoms with Crippen molar-refractivity contribution in [3.63, 3.8) is 0 Å². The second kappa shape index (κ2) is 9.08. The molecule has 0 spiro atoms. The summed E-state index contributed by atoms with van der Waals surface area (Å²) in [6.07, 6.45) is 6.99. The van der Waals surface area contributed by atoms with E-state index in [0.29, 0.717) is 5.92 Å². The molecule has 0 amide bonds. The molecule has 2 unspecified atom stereocenters. The Labute approximate surface area is 162 Å². The lowest BCUT2D eigenvalue weighted by atomic mass is 10.0. The number of hydrogen-bond donors (Lipinski definition) is 1. The smallest absolute Gasteiger partial charge is 0.193 e. The van der Waals surface area contributed by atoms with Crippen molar-refractivity contribution in [1.82, 2.24) is 24.9 Å². The number of hydrogen-bond acceptors (Lipinski definition) is 4. The zero-order valence-electron chi connectivity index (χ0n) is 16.9. The van der Waals surface area contributed by atoms with Gasteiger partial charge in [-0.2, -0.15) is 5.10 Å². The van der Waals surface area contributed by atoms with Crippen molar-refractivity contribution >= 4 is 5.96 Å². The second-order valence-corrected chi connectivity index (χ2v) is 7.06. The van der Waals surface area contributed by atoms with Gasteiger partial charge in [0.2, 0.25) is 0 Å². The summed E-state index contributed by atoms with van der Waals surface area (Å²) in [7, 11) is 3.83. The van der Waals surface area contributed by atoms with Crippen LogP contribution < -0.4 is 5.32 Å². The first-order valence-corrected chi connectivity index (χ1v) is 9.87. The molecule has 1 fully saturated rings. The standard InChI is InChI=1S/C20H32N6O/c1-5-25(6-2)18(19-8-7-11-27-19)13-22-20(21-3)26-10-9-16(15-26)17-12-23-24(4)14-17/h7-8,11-12,14,16,18H,5-6,9-10,13,15H2,1-4H3,(H,21,22). The lowest BCUT2D eigenvalue weighted by molar-refractivity contribution is 0.192. The van der Waals surface area contributed by atoms with Crippen molar-refractivity contribution in [2.75, 3.05) is 39.8 Å². The van der Waals surface area contributed by atoms with E-state index in [0.717, 1.165) is 50.9 Å². The van der Waals surface area contributed by atoms with E-state index >= 15 is 0 Å². The van der Waals surface area contributed by atoms with Gasteiger partial charge < -0.3 is 14.6 Å². The van der Waals surface area contributed by atoms with E-state index in [1.165, 1.54) is 5.56 Å². The van der Waals surface area contributed by atoms with E-state index in [9.17, 15) is 0 Å². The molecule has 27 heavy (non-hydrogen) atoms. The van der Waals surface area contributed by atoms with Gasteiger partial charge >= 0.3 is 0 Å². The lowest BCUT2D eigenvalue weighted by Crippen LogP contribution is -2.44. The summed E-state index contributed by atoms with van der Waals surface area (Å²) < 4.78 is 7.58. The summed E-state index contributed by atoms with van der Waals surface area (Å²) >= 11 is 0. The van der Waals surface area contributed by atoms with E-state index in [1.54, 1.807) is 6.26 Å². The molecule has 1 aliphatic rings. The molecule has 1 aliphatic heterocycles. The highest BCUT2D eigenvalue weighted by Gasteiger charge is 2.28. The van der Waals surface area contributed by atoms with Gasteiger partial charge in [-0.05, 0) is 37.2 Å². The van der Waals surface area contributed by atoms with Crippen LogP contribution in [0.15, 0.2) is 40.2 Å². The molecule has 0 bridgehead atoms. The third-order valence-corrected chi connectivity index (χ3v) is 5.47. The van der Waals surface area contributed by atoms with Crippen molar-refractivity contribution in [1.29, 1.82) is 0 Å². The molecule has 0 aromatic carbocycles. The van der Waals surface area contributed by atoms with Crippen LogP contribution in [0.25, 0.3) is 0 Å². The fraction of sp³-hybridized carbons (Fsp3) is 0.600. The Hall–Kier alpha value is -2.28. The summed E-state index contributed by atoms with van der Waals surface area (Å²) in [4.78, 5) is 9.28. The number of aliphatic imine (C=N–C) groups is 1. The van der Waals surface area contributed by atoms with E-state index in [-0.39, 0.29) is 6.04 Å². The number of likely N-dealkylation sites (N-methyl/N-ethyl adjacent to an activating group) is 1. The third-order valence-electron chi connectivity index (χ3n) is 5.47. The van der Waals surface area contributed by atoms with Crippen LogP contribution in [0.1, 0.15) is 43.6 Å². The number of guanidine groups is 1. The normalized spacial score (nSPS) is 19.1. The minimum absolute atomic E-state index is 0.198. The zero-order chi connectivity index (χ0) is 19.2. The molecular formula is C20H32N6O. The molecule has 1 saturated heterocycles. The maximum absolute atomic E-state index is 5.70. The molecule has 148 valence electrons. The van der Waals surface area contributed by atoms with E-state index in [2.05, 4.69) is 51.3 Å². The minimum Gasteiger partial charge on any atom is -0.468 e. The molecule has 3 heterocycles. The van der Waals surface area contributed by atoms with Gasteiger partial charge in [0.05, 0.1) is 18.5 Å². The number of aromatic nitrogens is 2. The van der Waals surface area contributed by atoms with E-state index < -0.39 is 0 Å².